The minimum Gasteiger partial charge on any atom is -0.398 e. The van der Waals surface area contributed by atoms with Gasteiger partial charge >= 0.3 is 0 Å². The maximum absolute atomic E-state index is 11.4. The van der Waals surface area contributed by atoms with Crippen LogP contribution in [0.15, 0.2) is 27.6 Å². The molecule has 1 aromatic carbocycles. The molecule has 0 aromatic heterocycles. The van der Waals surface area contributed by atoms with Crippen LogP contribution in [0.3, 0.4) is 0 Å². The number of nitrogens with one attached hydrogen (secondary N) is 1. The van der Waals surface area contributed by atoms with E-state index in [2.05, 4.69) is 20.7 Å². The Balaban J connectivity index is 0.00000169. The fraction of sp³-hybridized carbons (Fsp3) is 0.143. The zero-order chi connectivity index (χ0) is 10.1. The van der Waals surface area contributed by atoms with Gasteiger partial charge in [0, 0.05) is 4.47 Å². The number of nitrogen functional groups attached to an aromatic ring is 1. The molecule has 14 heavy (non-hydrogen) atoms. The van der Waals surface area contributed by atoms with Crippen LogP contribution in [0.1, 0.15) is 0 Å². The summed E-state index contributed by atoms with van der Waals surface area (Å²) in [7, 11) is -2.11. The zero-order valence-electron chi connectivity index (χ0n) is 7.32. The van der Waals surface area contributed by atoms with E-state index in [1.807, 2.05) is 0 Å². The largest absolute Gasteiger partial charge is 0.398 e. The Bertz CT molecular complexity index is 422. The van der Waals surface area contributed by atoms with E-state index in [0.717, 1.165) is 0 Å². The molecule has 0 aliphatic carbocycles. The summed E-state index contributed by atoms with van der Waals surface area (Å²) in [5.41, 5.74) is 5.74. The molecule has 0 spiro atoms. The van der Waals surface area contributed by atoms with Crippen LogP contribution in [0, 0.1) is 0 Å². The molecule has 0 fully saturated rings. The molecule has 1 aromatic rings. The van der Waals surface area contributed by atoms with E-state index >= 15 is 0 Å². The molecule has 0 unspecified atom stereocenters. The molecule has 3 N–H and O–H groups in total. The van der Waals surface area contributed by atoms with Gasteiger partial charge in [0.15, 0.2) is 0 Å². The molecule has 0 saturated carbocycles. The van der Waals surface area contributed by atoms with Crippen molar-refractivity contribution in [2.75, 3.05) is 12.8 Å². The maximum atomic E-state index is 11.4. The van der Waals surface area contributed by atoms with Gasteiger partial charge in [0.25, 0.3) is 0 Å². The number of sulfonamides is 1. The van der Waals surface area contributed by atoms with Crippen LogP contribution in [0.2, 0.25) is 0 Å². The second kappa shape index (κ2) is 4.97. The molecule has 0 radical (unpaired) electrons. The third-order valence-electron chi connectivity index (χ3n) is 1.53. The van der Waals surface area contributed by atoms with Gasteiger partial charge in [-0.15, -0.1) is 12.4 Å². The van der Waals surface area contributed by atoms with Gasteiger partial charge in [-0.25, -0.2) is 13.1 Å². The van der Waals surface area contributed by atoms with Crippen LogP contribution in [-0.2, 0) is 10.0 Å². The Morgan fingerprint density at radius 2 is 2.00 bits per heavy atom. The van der Waals surface area contributed by atoms with E-state index in [-0.39, 0.29) is 23.0 Å². The lowest BCUT2D eigenvalue weighted by Gasteiger charge is -2.05. The van der Waals surface area contributed by atoms with Crippen molar-refractivity contribution >= 4 is 44.0 Å². The fourth-order valence-corrected chi connectivity index (χ4v) is 2.24. The number of hydrogen-bond acceptors (Lipinski definition) is 3. The lowest BCUT2D eigenvalue weighted by molar-refractivity contribution is 0.588. The molecule has 0 heterocycles. The second-order valence-electron chi connectivity index (χ2n) is 2.39. The van der Waals surface area contributed by atoms with Gasteiger partial charge < -0.3 is 5.73 Å². The third kappa shape index (κ3) is 2.84. The molecular weight excluding hydrogens is 292 g/mol. The Kier molecular flexibility index (Phi) is 4.87. The summed E-state index contributed by atoms with van der Waals surface area (Å²) in [4.78, 5) is 0.0874. The van der Waals surface area contributed by atoms with Crippen LogP contribution in [0.4, 0.5) is 5.69 Å². The summed E-state index contributed by atoms with van der Waals surface area (Å²) in [6.07, 6.45) is 0. The average molecular weight is 302 g/mol. The van der Waals surface area contributed by atoms with Crippen LogP contribution in [0.25, 0.3) is 0 Å². The molecule has 0 amide bonds. The first kappa shape index (κ1) is 13.7. The number of hydrogen-bond donors (Lipinski definition) is 2. The van der Waals surface area contributed by atoms with Crippen molar-refractivity contribution in [3.8, 4) is 0 Å². The van der Waals surface area contributed by atoms with Crippen molar-refractivity contribution in [1.29, 1.82) is 0 Å². The number of halogens is 2. The number of anilines is 1. The van der Waals surface area contributed by atoms with Gasteiger partial charge in [-0.1, -0.05) is 15.9 Å². The monoisotopic (exact) mass is 300 g/mol. The summed E-state index contributed by atoms with van der Waals surface area (Å²) in [5, 5.41) is 0. The minimum atomic E-state index is -3.46. The van der Waals surface area contributed by atoms with Gasteiger partial charge in [-0.3, -0.25) is 0 Å². The van der Waals surface area contributed by atoms with Crippen molar-refractivity contribution in [2.24, 2.45) is 0 Å². The van der Waals surface area contributed by atoms with Crippen molar-refractivity contribution < 1.29 is 8.42 Å². The minimum absolute atomic E-state index is 0. The van der Waals surface area contributed by atoms with E-state index in [0.29, 0.717) is 4.47 Å². The zero-order valence-corrected chi connectivity index (χ0v) is 10.5. The summed E-state index contributed by atoms with van der Waals surface area (Å²) in [5.74, 6) is 0. The van der Waals surface area contributed by atoms with Crippen molar-refractivity contribution in [3.05, 3.63) is 22.7 Å². The van der Waals surface area contributed by atoms with E-state index in [1.54, 1.807) is 6.07 Å². The predicted molar refractivity (Wildman–Crippen MR) is 62.0 cm³/mol. The van der Waals surface area contributed by atoms with Crippen molar-refractivity contribution in [3.63, 3.8) is 0 Å². The molecule has 4 nitrogen and oxygen atoms in total. The number of rotatable bonds is 2. The van der Waals surface area contributed by atoms with Crippen molar-refractivity contribution in [2.45, 2.75) is 4.90 Å². The molecular formula is C7H10BrClN2O2S. The molecule has 80 valence electrons. The molecule has 7 heteroatoms. The smallest absolute Gasteiger partial charge is 0.242 e. The normalized spacial score (nSPS) is 10.7. The Labute approximate surface area is 97.5 Å². The highest BCUT2D eigenvalue weighted by Gasteiger charge is 2.14. The third-order valence-corrected chi connectivity index (χ3v) is 3.50. The lowest BCUT2D eigenvalue weighted by atomic mass is 10.3. The summed E-state index contributed by atoms with van der Waals surface area (Å²) in [6.45, 7) is 0. The predicted octanol–water partition coefficient (Wildman–Crippen LogP) is 1.36. The Morgan fingerprint density at radius 3 is 2.50 bits per heavy atom. The fourth-order valence-electron chi connectivity index (χ4n) is 0.851. The van der Waals surface area contributed by atoms with Crippen LogP contribution >= 0.6 is 28.3 Å². The molecule has 1 rings (SSSR count). The number of benzene rings is 1. The molecule has 0 aliphatic rings. The Hall–Kier alpha value is -0.300. The molecule has 0 atom stereocenters. The van der Waals surface area contributed by atoms with Crippen molar-refractivity contribution in [1.82, 2.24) is 4.72 Å². The first-order chi connectivity index (χ1) is 5.97. The molecule has 0 saturated heterocycles. The highest BCUT2D eigenvalue weighted by Crippen LogP contribution is 2.22. The van der Waals surface area contributed by atoms with E-state index < -0.39 is 10.0 Å². The summed E-state index contributed by atoms with van der Waals surface area (Å²) in [6, 6.07) is 4.68. The maximum Gasteiger partial charge on any atom is 0.242 e. The topological polar surface area (TPSA) is 72.2 Å². The van der Waals surface area contributed by atoms with E-state index in [9.17, 15) is 8.42 Å². The summed E-state index contributed by atoms with van der Waals surface area (Å²) >= 11 is 3.17. The van der Waals surface area contributed by atoms with E-state index in [4.69, 9.17) is 5.73 Å². The quantitative estimate of drug-likeness (QED) is 0.810. The SMILES string of the molecule is CNS(=O)(=O)c1cc(Br)ccc1N.Cl. The lowest BCUT2D eigenvalue weighted by Crippen LogP contribution is -2.19. The second-order valence-corrected chi connectivity index (χ2v) is 5.16. The molecule has 0 aliphatic heterocycles. The van der Waals surface area contributed by atoms with Gasteiger partial charge in [0.2, 0.25) is 10.0 Å². The average Bonchev–Trinajstić information content (AvgIpc) is 2.09. The standard InChI is InChI=1S/C7H9BrN2O2S.ClH/c1-10-13(11,12)7-4-5(8)2-3-6(7)9;/h2-4,10H,9H2,1H3;1H. The van der Waals surface area contributed by atoms with Gasteiger partial charge in [-0.2, -0.15) is 0 Å². The van der Waals surface area contributed by atoms with Crippen LogP contribution in [0.5, 0.6) is 0 Å². The first-order valence-corrected chi connectivity index (χ1v) is 5.73. The van der Waals surface area contributed by atoms with Gasteiger partial charge in [0.05, 0.1) is 5.69 Å². The highest BCUT2D eigenvalue weighted by molar-refractivity contribution is 9.10. The van der Waals surface area contributed by atoms with Gasteiger partial charge in [0.1, 0.15) is 4.90 Å². The highest BCUT2D eigenvalue weighted by atomic mass is 79.9. The van der Waals surface area contributed by atoms with E-state index in [1.165, 1.54) is 19.2 Å². The van der Waals surface area contributed by atoms with Gasteiger partial charge in [-0.05, 0) is 25.2 Å². The Morgan fingerprint density at radius 1 is 1.43 bits per heavy atom. The summed E-state index contributed by atoms with van der Waals surface area (Å²) < 4.78 is 25.6. The van der Waals surface area contributed by atoms with Crippen LogP contribution in [-0.4, -0.2) is 15.5 Å². The van der Waals surface area contributed by atoms with Crippen LogP contribution < -0.4 is 10.5 Å². The first-order valence-electron chi connectivity index (χ1n) is 3.46. The number of nitrogens with two attached hydrogens (primary N) is 1. The molecule has 0 bridgehead atoms.